The summed E-state index contributed by atoms with van der Waals surface area (Å²) in [5.41, 5.74) is 1.64. The van der Waals surface area contributed by atoms with Gasteiger partial charge in [-0.15, -0.1) is 0 Å². The Balaban J connectivity index is 0.000000270. The number of nitrogens with zero attached hydrogens (tertiary/aromatic N) is 3. The second kappa shape index (κ2) is 20.5. The van der Waals surface area contributed by atoms with Crippen LogP contribution in [0.3, 0.4) is 0 Å². The number of fused-ring (bicyclic) bond motifs is 2. The van der Waals surface area contributed by atoms with Gasteiger partial charge in [0.05, 0.1) is 58.3 Å². The number of non-ortho nitro benzene ring substituents is 1. The van der Waals surface area contributed by atoms with E-state index >= 15 is 0 Å². The fourth-order valence-corrected chi connectivity index (χ4v) is 9.59. The van der Waals surface area contributed by atoms with Crippen molar-refractivity contribution in [3.05, 3.63) is 111 Å². The van der Waals surface area contributed by atoms with Gasteiger partial charge in [0.15, 0.2) is 8.32 Å². The van der Waals surface area contributed by atoms with Crippen LogP contribution in [0.5, 0.6) is 11.5 Å². The number of carbonyl (C=O) groups excluding carboxylic acids is 7. The standard InChI is InChI=1S/C27H29N3O9Si.C17H18N2O6.Na/c1-15(39-40(3,4)5)22-21-14-20(16-8-12-19(13-9-16)37-27(34)28-2)23(29(21)24(22)31)26(33)38-25(32)17-6-10-18(11-7-17)30(35)36;1-8(20)13-12-7-11(14(16(22)23)19(12)15(13)21)9-3-5-10(6-4-9)25-17(24)18-2;/h6-13,15,21-22H,14H2,1-5H3,(H,28,34);3-6,8,12-13,20H,7H2,1-2H3,(H,18,24)(H,22,23);/q;;+1/p-1/t15-,21-,22-;8-,12-,13-;/m11./s1. The number of hydrogen-bond donors (Lipinski definition) is 3. The van der Waals surface area contributed by atoms with Crippen LogP contribution < -0.4 is 54.8 Å². The molecule has 0 spiro atoms. The number of ether oxygens (including phenoxy) is 3. The van der Waals surface area contributed by atoms with Crippen LogP contribution in [-0.2, 0) is 28.3 Å². The maximum Gasteiger partial charge on any atom is 1.00 e. The number of carbonyl (C=O) groups is 7. The molecule has 4 heterocycles. The molecular formula is C44H46N5NaO15Si. The van der Waals surface area contributed by atoms with Gasteiger partial charge >= 0.3 is 53.7 Å². The van der Waals surface area contributed by atoms with E-state index in [-0.39, 0.29) is 82.0 Å². The normalized spacial score (nSPS) is 20.2. The number of benzene rings is 3. The molecule has 342 valence electrons. The fraction of sp³-hybridized carbons (Fsp3) is 0.341. The van der Waals surface area contributed by atoms with E-state index in [1.165, 1.54) is 55.1 Å². The largest absolute Gasteiger partial charge is 1.00 e. The minimum Gasteiger partial charge on any atom is -0.543 e. The molecule has 7 rings (SSSR count). The summed E-state index contributed by atoms with van der Waals surface area (Å²) in [7, 11) is 0.906. The summed E-state index contributed by atoms with van der Waals surface area (Å²) in [5, 5.41) is 36.9. The third-order valence-electron chi connectivity index (χ3n) is 11.1. The number of β-lactam (4-membered cyclic amide) rings is 2. The monoisotopic (exact) mass is 935 g/mol. The maximum atomic E-state index is 13.4. The summed E-state index contributed by atoms with van der Waals surface area (Å²) in [6.07, 6.45) is -1.84. The van der Waals surface area contributed by atoms with E-state index in [0.717, 1.165) is 12.1 Å². The smallest absolute Gasteiger partial charge is 0.543 e. The number of nitro groups is 1. The van der Waals surface area contributed by atoms with E-state index in [9.17, 15) is 53.9 Å². The predicted molar refractivity (Wildman–Crippen MR) is 228 cm³/mol. The summed E-state index contributed by atoms with van der Waals surface area (Å²) in [4.78, 5) is 98.7. The molecule has 3 N–H and O–H groups in total. The first-order valence-electron chi connectivity index (χ1n) is 20.4. The predicted octanol–water partition coefficient (Wildman–Crippen LogP) is 0.360. The molecule has 4 aliphatic heterocycles. The van der Waals surface area contributed by atoms with Crippen molar-refractivity contribution in [1.82, 2.24) is 20.4 Å². The maximum absolute atomic E-state index is 13.4. The van der Waals surface area contributed by atoms with E-state index in [1.54, 1.807) is 36.4 Å². The average Bonchev–Trinajstić information content (AvgIpc) is 3.77. The molecule has 0 radical (unpaired) electrons. The number of nitrogens with one attached hydrogen (secondary N) is 2. The van der Waals surface area contributed by atoms with Gasteiger partial charge in [0.1, 0.15) is 17.2 Å². The SMILES string of the molecule is CNC(=O)Oc1ccc(C2=C(C(=O)OC(=O)c3ccc([N+](=O)[O-])cc3)N3C(=O)[C@H]([C@@H](C)O[Si](C)(C)C)[C@H]3C2)cc1.CNC(=O)Oc1ccc(C2=C(C(=O)[O-])N3C(=O)[C@H]([C@@H](C)O)[C@H]3C2)cc1.[Na+]. The summed E-state index contributed by atoms with van der Waals surface area (Å²) in [6, 6.07) is 16.6. The molecule has 3 aromatic rings. The van der Waals surface area contributed by atoms with Crippen LogP contribution in [0.15, 0.2) is 84.2 Å². The Kier molecular flexibility index (Phi) is 15.8. The molecule has 22 heteroatoms. The van der Waals surface area contributed by atoms with E-state index in [1.807, 2.05) is 26.6 Å². The number of aliphatic hydroxyl groups excluding tert-OH is 1. The fourth-order valence-electron chi connectivity index (χ4n) is 8.32. The zero-order chi connectivity index (χ0) is 47.7. The molecule has 4 aliphatic rings. The van der Waals surface area contributed by atoms with E-state index in [2.05, 4.69) is 10.6 Å². The Morgan fingerprint density at radius 2 is 1.17 bits per heavy atom. The third kappa shape index (κ3) is 10.6. The van der Waals surface area contributed by atoms with Crippen molar-refractivity contribution in [2.75, 3.05) is 14.1 Å². The van der Waals surface area contributed by atoms with Crippen molar-refractivity contribution in [2.45, 2.75) is 70.6 Å². The first-order valence-corrected chi connectivity index (χ1v) is 23.8. The number of aliphatic hydroxyl groups is 1. The van der Waals surface area contributed by atoms with Gasteiger partial charge in [0, 0.05) is 26.2 Å². The molecule has 0 aliphatic carbocycles. The van der Waals surface area contributed by atoms with Gasteiger partial charge in [0.2, 0.25) is 11.8 Å². The Hall–Kier alpha value is -6.23. The molecule has 2 fully saturated rings. The average molecular weight is 936 g/mol. The van der Waals surface area contributed by atoms with Gasteiger partial charge in [0.25, 0.3) is 5.69 Å². The van der Waals surface area contributed by atoms with E-state index in [0.29, 0.717) is 40.9 Å². The van der Waals surface area contributed by atoms with Gasteiger partial charge in [-0.05, 0) is 105 Å². The van der Waals surface area contributed by atoms with E-state index < -0.39 is 67.2 Å². The summed E-state index contributed by atoms with van der Waals surface area (Å²) < 4.78 is 21.4. The van der Waals surface area contributed by atoms with Crippen LogP contribution in [0.4, 0.5) is 15.3 Å². The zero-order valence-corrected chi connectivity index (χ0v) is 40.3. The van der Waals surface area contributed by atoms with Crippen LogP contribution >= 0.6 is 0 Å². The van der Waals surface area contributed by atoms with Crippen LogP contribution in [0, 0.1) is 22.0 Å². The second-order valence-corrected chi connectivity index (χ2v) is 20.9. The third-order valence-corrected chi connectivity index (χ3v) is 12.2. The first kappa shape index (κ1) is 50.8. The number of esters is 2. The first-order chi connectivity index (χ1) is 30.6. The summed E-state index contributed by atoms with van der Waals surface area (Å²) >= 11 is 0. The molecule has 0 bridgehead atoms. The number of carboxylic acids is 1. The minimum atomic E-state index is -1.96. The Morgan fingerprint density at radius 3 is 1.59 bits per heavy atom. The topological polar surface area (TPSA) is 273 Å². The van der Waals surface area contributed by atoms with Crippen molar-refractivity contribution in [3.8, 4) is 11.5 Å². The van der Waals surface area contributed by atoms with Crippen LogP contribution in [0.25, 0.3) is 11.1 Å². The van der Waals surface area contributed by atoms with Crippen molar-refractivity contribution in [1.29, 1.82) is 0 Å². The van der Waals surface area contributed by atoms with Crippen molar-refractivity contribution >= 4 is 67.1 Å². The molecule has 0 unspecified atom stereocenters. The number of hydrogen-bond acceptors (Lipinski definition) is 15. The van der Waals surface area contributed by atoms with Gasteiger partial charge < -0.3 is 54.1 Å². The van der Waals surface area contributed by atoms with Gasteiger partial charge in [-0.3, -0.25) is 19.7 Å². The number of aliphatic carboxylic acids is 1. The molecule has 4 amide bonds. The van der Waals surface area contributed by atoms with Crippen LogP contribution in [-0.4, -0.2) is 108 Å². The van der Waals surface area contributed by atoms with Crippen molar-refractivity contribution in [2.24, 2.45) is 11.8 Å². The van der Waals surface area contributed by atoms with Crippen LogP contribution in [0.1, 0.15) is 48.2 Å². The number of rotatable bonds is 12. The summed E-state index contributed by atoms with van der Waals surface area (Å²) in [6.45, 7) is 9.44. The molecule has 3 aromatic carbocycles. The molecule has 66 heavy (non-hydrogen) atoms. The number of nitro benzene ring substituents is 1. The summed E-state index contributed by atoms with van der Waals surface area (Å²) in [5.74, 6) is -4.68. The van der Waals surface area contributed by atoms with Gasteiger partial charge in [-0.2, -0.15) is 0 Å². The van der Waals surface area contributed by atoms with Gasteiger partial charge in [-0.1, -0.05) is 24.3 Å². The number of carboxylic acid groups (broad SMARTS) is 1. The number of amides is 4. The molecule has 2 saturated heterocycles. The quantitative estimate of drug-likeness (QED) is 0.0553. The second-order valence-electron chi connectivity index (χ2n) is 16.4. The Labute approximate surface area is 401 Å². The van der Waals surface area contributed by atoms with Gasteiger partial charge in [-0.25, -0.2) is 19.2 Å². The van der Waals surface area contributed by atoms with Crippen molar-refractivity contribution in [3.63, 3.8) is 0 Å². The molecule has 20 nitrogen and oxygen atoms in total. The van der Waals surface area contributed by atoms with E-state index in [4.69, 9.17) is 18.6 Å². The molecule has 0 saturated carbocycles. The Bertz CT molecular complexity index is 2510. The minimum absolute atomic E-state index is 0. The molecule has 6 atom stereocenters. The molecule has 0 aromatic heterocycles. The van der Waals surface area contributed by atoms with Crippen LogP contribution in [0.2, 0.25) is 19.6 Å². The molecular weight excluding hydrogens is 890 g/mol. The Morgan fingerprint density at radius 1 is 0.727 bits per heavy atom. The zero-order valence-electron chi connectivity index (χ0n) is 37.3. The van der Waals surface area contributed by atoms with Crippen molar-refractivity contribution < 1.29 is 96.9 Å².